The van der Waals surface area contributed by atoms with Crippen LogP contribution in [0.2, 0.25) is 0 Å². The van der Waals surface area contributed by atoms with E-state index in [1.54, 1.807) is 6.08 Å². The summed E-state index contributed by atoms with van der Waals surface area (Å²) in [5.41, 5.74) is 0.874. The number of hydrogen-bond acceptors (Lipinski definition) is 7. The van der Waals surface area contributed by atoms with Gasteiger partial charge in [0.05, 0.1) is 12.6 Å². The lowest BCUT2D eigenvalue weighted by Gasteiger charge is -2.29. The van der Waals surface area contributed by atoms with Gasteiger partial charge in [-0.1, -0.05) is 63.4 Å². The number of ketones is 1. The third-order valence-electron chi connectivity index (χ3n) is 3.87. The molecule has 2 rings (SSSR count). The summed E-state index contributed by atoms with van der Waals surface area (Å²) in [5.74, 6) is -0.938. The van der Waals surface area contributed by atoms with E-state index in [1.165, 1.54) is 6.08 Å². The van der Waals surface area contributed by atoms with Crippen molar-refractivity contribution in [1.29, 1.82) is 0 Å². The first-order valence-corrected chi connectivity index (χ1v) is 9.35. The molecular formula is C20H27N4O4-. The number of carbonyl (C=O) groups excluding carboxylic acids is 2. The molecule has 0 fully saturated rings. The number of Topliss-reactive ketones (excluding diaryl/α,β-unsaturated/α-hetero) is 1. The lowest BCUT2D eigenvalue weighted by atomic mass is 10.00. The second-order valence-electron chi connectivity index (χ2n) is 7.48. The second-order valence-corrected chi connectivity index (χ2v) is 7.48. The molecule has 28 heavy (non-hydrogen) atoms. The van der Waals surface area contributed by atoms with Gasteiger partial charge < -0.3 is 15.4 Å². The average Bonchev–Trinajstić information content (AvgIpc) is 2.99. The first kappa shape index (κ1) is 21.6. The van der Waals surface area contributed by atoms with Crippen LogP contribution in [0, 0.1) is 17.0 Å². The maximum absolute atomic E-state index is 12.8. The van der Waals surface area contributed by atoms with E-state index in [-0.39, 0.29) is 23.1 Å². The molecule has 0 radical (unpaired) electrons. The van der Waals surface area contributed by atoms with Crippen LogP contribution in [0.4, 0.5) is 0 Å². The SMILES string of the molecule is CC(C)CC(NC(=O)/C=C/c1ccccc1)C(=O)C1=NN(CC(C)C)N([O-])O1. The van der Waals surface area contributed by atoms with E-state index < -0.39 is 17.7 Å². The summed E-state index contributed by atoms with van der Waals surface area (Å²) >= 11 is 0. The van der Waals surface area contributed by atoms with Crippen LogP contribution in [0.1, 0.15) is 39.7 Å². The van der Waals surface area contributed by atoms with Crippen LogP contribution in [0.3, 0.4) is 0 Å². The van der Waals surface area contributed by atoms with E-state index in [2.05, 4.69) is 10.4 Å². The highest BCUT2D eigenvalue weighted by Crippen LogP contribution is 2.15. The first-order valence-electron chi connectivity index (χ1n) is 9.35. The molecule has 1 amide bonds. The standard InChI is InChI=1S/C20H27N4O4/c1-14(2)12-17(21-18(25)11-10-16-8-6-5-7-9-16)19(26)20-22-23(13-15(3)4)24(27)28-20/h5-11,14-15,17H,12-13H2,1-4H3,(H,21,25)/q-1/b11-10+. The number of carbonyl (C=O) groups is 2. The summed E-state index contributed by atoms with van der Waals surface area (Å²) in [6, 6.07) is 8.53. The van der Waals surface area contributed by atoms with Crippen LogP contribution >= 0.6 is 0 Å². The van der Waals surface area contributed by atoms with Gasteiger partial charge in [0.2, 0.25) is 11.7 Å². The number of nitrogens with one attached hydrogen (secondary N) is 1. The maximum Gasteiger partial charge on any atom is 0.302 e. The molecule has 0 saturated carbocycles. The fraction of sp³-hybridized carbons (Fsp3) is 0.450. The summed E-state index contributed by atoms with van der Waals surface area (Å²) in [7, 11) is 0. The molecule has 0 saturated heterocycles. The largest absolute Gasteiger partial charge is 0.732 e. The van der Waals surface area contributed by atoms with Crippen LogP contribution in [0.5, 0.6) is 0 Å². The Morgan fingerprint density at radius 2 is 1.86 bits per heavy atom. The van der Waals surface area contributed by atoms with Crippen LogP contribution in [-0.4, -0.2) is 40.6 Å². The Morgan fingerprint density at radius 3 is 2.46 bits per heavy atom. The topological polar surface area (TPSA) is 97.3 Å². The minimum atomic E-state index is -0.834. The molecule has 8 nitrogen and oxygen atoms in total. The summed E-state index contributed by atoms with van der Waals surface area (Å²) in [6.07, 6.45) is 3.44. The van der Waals surface area contributed by atoms with Crippen molar-refractivity contribution in [1.82, 2.24) is 15.8 Å². The van der Waals surface area contributed by atoms with E-state index in [0.717, 1.165) is 10.7 Å². The van der Waals surface area contributed by atoms with Gasteiger partial charge in [-0.3, -0.25) is 9.59 Å². The van der Waals surface area contributed by atoms with Gasteiger partial charge in [-0.25, -0.2) is 5.12 Å². The lowest BCUT2D eigenvalue weighted by molar-refractivity contribution is -0.167. The van der Waals surface area contributed by atoms with Crippen molar-refractivity contribution in [3.8, 4) is 0 Å². The number of rotatable bonds is 9. The molecule has 0 aromatic heterocycles. The third kappa shape index (κ3) is 6.47. The normalized spacial score (nSPS) is 15.8. The number of nitrogens with zero attached hydrogens (tertiary/aromatic N) is 3. The molecule has 0 bridgehead atoms. The zero-order chi connectivity index (χ0) is 20.7. The molecule has 0 aliphatic carbocycles. The van der Waals surface area contributed by atoms with Crippen molar-refractivity contribution in [3.63, 3.8) is 0 Å². The Bertz CT molecular complexity index is 731. The van der Waals surface area contributed by atoms with Gasteiger partial charge >= 0.3 is 5.90 Å². The van der Waals surface area contributed by atoms with E-state index in [0.29, 0.717) is 13.0 Å². The predicted molar refractivity (Wildman–Crippen MR) is 107 cm³/mol. The molecule has 8 heteroatoms. The Hall–Kier alpha value is -2.71. The molecule has 1 aliphatic heterocycles. The van der Waals surface area contributed by atoms with E-state index >= 15 is 0 Å². The number of amides is 1. The van der Waals surface area contributed by atoms with Gasteiger partial charge in [0.1, 0.15) is 0 Å². The molecule has 1 heterocycles. The van der Waals surface area contributed by atoms with E-state index in [4.69, 9.17) is 4.84 Å². The third-order valence-corrected chi connectivity index (χ3v) is 3.87. The Balaban J connectivity index is 2.07. The number of hydrazone groups is 1. The highest BCUT2D eigenvalue weighted by Gasteiger charge is 2.32. The molecule has 152 valence electrons. The van der Waals surface area contributed by atoms with Crippen molar-refractivity contribution in [3.05, 3.63) is 47.2 Å². The van der Waals surface area contributed by atoms with Gasteiger partial charge in [0, 0.05) is 6.08 Å². The summed E-state index contributed by atoms with van der Waals surface area (Å²) in [5, 5.41) is 19.7. The van der Waals surface area contributed by atoms with Crippen LogP contribution in [-0.2, 0) is 14.4 Å². The quantitative estimate of drug-likeness (QED) is 0.655. The minimum absolute atomic E-state index is 0.143. The molecule has 1 N–H and O–H groups in total. The van der Waals surface area contributed by atoms with Gasteiger partial charge in [0.15, 0.2) is 0 Å². The molecule has 0 spiro atoms. The molecule has 1 atom stereocenters. The van der Waals surface area contributed by atoms with Crippen molar-refractivity contribution < 1.29 is 14.4 Å². The summed E-state index contributed by atoms with van der Waals surface area (Å²) in [6.45, 7) is 8.04. The molecule has 1 unspecified atom stereocenters. The highest BCUT2D eigenvalue weighted by atomic mass is 16.9. The van der Waals surface area contributed by atoms with E-state index in [1.807, 2.05) is 58.0 Å². The zero-order valence-corrected chi connectivity index (χ0v) is 16.7. The fourth-order valence-corrected chi connectivity index (χ4v) is 2.62. The highest BCUT2D eigenvalue weighted by molar-refractivity contribution is 6.38. The zero-order valence-electron chi connectivity index (χ0n) is 16.7. The van der Waals surface area contributed by atoms with Crippen molar-refractivity contribution in [2.75, 3.05) is 6.54 Å². The molecule has 1 aliphatic rings. The minimum Gasteiger partial charge on any atom is -0.732 e. The van der Waals surface area contributed by atoms with Crippen molar-refractivity contribution in [2.45, 2.75) is 40.2 Å². The molecule has 1 aromatic rings. The van der Waals surface area contributed by atoms with Crippen LogP contribution < -0.4 is 5.32 Å². The lowest BCUT2D eigenvalue weighted by Crippen LogP contribution is -2.44. The van der Waals surface area contributed by atoms with Crippen LogP contribution in [0.15, 0.2) is 41.5 Å². The summed E-state index contributed by atoms with van der Waals surface area (Å²) < 4.78 is 0. The van der Waals surface area contributed by atoms with Crippen LogP contribution in [0.25, 0.3) is 6.08 Å². The molecule has 1 aromatic carbocycles. The average molecular weight is 387 g/mol. The monoisotopic (exact) mass is 387 g/mol. The second kappa shape index (κ2) is 10.0. The molecular weight excluding hydrogens is 360 g/mol. The summed E-state index contributed by atoms with van der Waals surface area (Å²) in [4.78, 5) is 30.0. The van der Waals surface area contributed by atoms with Crippen molar-refractivity contribution in [2.24, 2.45) is 16.9 Å². The Morgan fingerprint density at radius 1 is 1.18 bits per heavy atom. The van der Waals surface area contributed by atoms with Gasteiger partial charge in [-0.05, 0) is 29.9 Å². The number of benzene rings is 1. The van der Waals surface area contributed by atoms with E-state index in [9.17, 15) is 14.8 Å². The maximum atomic E-state index is 12.8. The van der Waals surface area contributed by atoms with Gasteiger partial charge in [-0.15, -0.1) is 5.10 Å². The Labute approximate surface area is 165 Å². The van der Waals surface area contributed by atoms with Crippen molar-refractivity contribution >= 4 is 23.7 Å². The Kier molecular flexibility index (Phi) is 7.71. The predicted octanol–water partition coefficient (Wildman–Crippen LogP) is 2.73. The van der Waals surface area contributed by atoms with Gasteiger partial charge in [0.25, 0.3) is 0 Å². The first-order chi connectivity index (χ1) is 13.3. The fourth-order valence-electron chi connectivity index (χ4n) is 2.62. The van der Waals surface area contributed by atoms with Gasteiger partial charge in [-0.2, -0.15) is 0 Å². The number of hydrazine groups is 1. The number of hydrogen-bond donors (Lipinski definition) is 1. The smallest absolute Gasteiger partial charge is 0.302 e.